The highest BCUT2D eigenvalue weighted by Gasteiger charge is 2.22. The molecule has 1 aliphatic rings. The van der Waals surface area contributed by atoms with Crippen LogP contribution in [0.4, 0.5) is 0 Å². The van der Waals surface area contributed by atoms with Crippen LogP contribution in [0.2, 0.25) is 0 Å². The molecule has 1 aromatic carbocycles. The van der Waals surface area contributed by atoms with Crippen molar-refractivity contribution in [2.75, 3.05) is 6.54 Å². The molecule has 4 heteroatoms. The molecule has 110 valence electrons. The van der Waals surface area contributed by atoms with Crippen molar-refractivity contribution in [2.24, 2.45) is 0 Å². The Hall–Kier alpha value is -1.55. The summed E-state index contributed by atoms with van der Waals surface area (Å²) in [5.74, 6) is 0.489. The maximum absolute atomic E-state index is 11.6. The highest BCUT2D eigenvalue weighted by Crippen LogP contribution is 2.25. The standard InChI is InChI=1S/C16H24N2O2/c1-2-14(13-6-3-4-7-15(13)19)17-11-5-8-16(20)18-12-9-10-12/h3-4,6-7,12,14,17,19H,2,5,8-11H2,1H3,(H,18,20). The van der Waals surface area contributed by atoms with E-state index in [0.29, 0.717) is 18.2 Å². The molecule has 1 unspecified atom stereocenters. The van der Waals surface area contributed by atoms with E-state index in [0.717, 1.165) is 37.8 Å². The first-order valence-corrected chi connectivity index (χ1v) is 7.51. The molecule has 0 radical (unpaired) electrons. The summed E-state index contributed by atoms with van der Waals surface area (Å²) in [5, 5.41) is 16.3. The molecule has 1 amide bonds. The van der Waals surface area contributed by atoms with Crippen LogP contribution in [0.25, 0.3) is 0 Å². The van der Waals surface area contributed by atoms with Gasteiger partial charge >= 0.3 is 0 Å². The van der Waals surface area contributed by atoms with Gasteiger partial charge in [-0.1, -0.05) is 25.1 Å². The van der Waals surface area contributed by atoms with E-state index in [4.69, 9.17) is 0 Å². The average Bonchev–Trinajstić information content (AvgIpc) is 3.24. The minimum Gasteiger partial charge on any atom is -0.508 e. The summed E-state index contributed by atoms with van der Waals surface area (Å²) in [5.41, 5.74) is 0.928. The third kappa shape index (κ3) is 4.53. The number of carbonyl (C=O) groups is 1. The van der Waals surface area contributed by atoms with Crippen molar-refractivity contribution in [1.82, 2.24) is 10.6 Å². The number of phenols is 1. The zero-order valence-corrected chi connectivity index (χ0v) is 12.1. The summed E-state index contributed by atoms with van der Waals surface area (Å²) in [6.07, 6.45) is 4.57. The second kappa shape index (κ2) is 7.29. The van der Waals surface area contributed by atoms with Crippen LogP contribution in [0.5, 0.6) is 5.75 Å². The number of amides is 1. The second-order valence-electron chi connectivity index (χ2n) is 5.42. The van der Waals surface area contributed by atoms with Crippen LogP contribution in [-0.4, -0.2) is 23.6 Å². The summed E-state index contributed by atoms with van der Waals surface area (Å²) in [6, 6.07) is 8.00. The van der Waals surface area contributed by atoms with Gasteiger partial charge in [-0.15, -0.1) is 0 Å². The zero-order valence-electron chi connectivity index (χ0n) is 12.1. The normalized spacial score (nSPS) is 15.8. The molecule has 1 saturated carbocycles. The minimum atomic E-state index is 0.141. The van der Waals surface area contributed by atoms with Gasteiger partial charge in [-0.25, -0.2) is 0 Å². The average molecular weight is 276 g/mol. The Morgan fingerprint density at radius 2 is 2.15 bits per heavy atom. The second-order valence-corrected chi connectivity index (χ2v) is 5.42. The van der Waals surface area contributed by atoms with Gasteiger partial charge in [-0.2, -0.15) is 0 Å². The third-order valence-electron chi connectivity index (χ3n) is 3.63. The lowest BCUT2D eigenvalue weighted by molar-refractivity contribution is -0.121. The number of benzene rings is 1. The van der Waals surface area contributed by atoms with Crippen LogP contribution >= 0.6 is 0 Å². The Morgan fingerprint density at radius 1 is 1.40 bits per heavy atom. The molecule has 3 N–H and O–H groups in total. The van der Waals surface area contributed by atoms with E-state index in [-0.39, 0.29) is 11.9 Å². The number of para-hydroxylation sites is 1. The van der Waals surface area contributed by atoms with Gasteiger partial charge in [0.15, 0.2) is 0 Å². The Labute approximate surface area is 120 Å². The maximum Gasteiger partial charge on any atom is 0.220 e. The van der Waals surface area contributed by atoms with E-state index >= 15 is 0 Å². The number of carbonyl (C=O) groups excluding carboxylic acids is 1. The molecule has 0 aromatic heterocycles. The van der Waals surface area contributed by atoms with E-state index < -0.39 is 0 Å². The number of hydrogen-bond acceptors (Lipinski definition) is 3. The molecule has 20 heavy (non-hydrogen) atoms. The van der Waals surface area contributed by atoms with Crippen molar-refractivity contribution in [1.29, 1.82) is 0 Å². The van der Waals surface area contributed by atoms with Crippen LogP contribution in [-0.2, 0) is 4.79 Å². The van der Waals surface area contributed by atoms with Crippen molar-refractivity contribution >= 4 is 5.91 Å². The molecule has 1 aliphatic carbocycles. The van der Waals surface area contributed by atoms with Crippen LogP contribution < -0.4 is 10.6 Å². The Bertz CT molecular complexity index is 444. The quantitative estimate of drug-likeness (QED) is 0.639. The minimum absolute atomic E-state index is 0.141. The highest BCUT2D eigenvalue weighted by molar-refractivity contribution is 5.76. The number of phenolic OH excluding ortho intramolecular Hbond substituents is 1. The molecule has 2 rings (SSSR count). The van der Waals surface area contributed by atoms with E-state index in [1.165, 1.54) is 0 Å². The Balaban J connectivity index is 1.71. The summed E-state index contributed by atoms with van der Waals surface area (Å²) in [7, 11) is 0. The Morgan fingerprint density at radius 3 is 2.80 bits per heavy atom. The smallest absolute Gasteiger partial charge is 0.220 e. The molecule has 0 aliphatic heterocycles. The van der Waals surface area contributed by atoms with Crippen LogP contribution in [0.15, 0.2) is 24.3 Å². The molecular weight excluding hydrogens is 252 g/mol. The Kier molecular flexibility index (Phi) is 5.41. The van der Waals surface area contributed by atoms with Gasteiger partial charge in [0.25, 0.3) is 0 Å². The van der Waals surface area contributed by atoms with Crippen LogP contribution in [0.1, 0.15) is 50.6 Å². The first kappa shape index (κ1) is 14.9. The molecule has 1 atom stereocenters. The molecular formula is C16H24N2O2. The topological polar surface area (TPSA) is 61.4 Å². The van der Waals surface area contributed by atoms with Gasteiger partial charge in [0.2, 0.25) is 5.91 Å². The summed E-state index contributed by atoms with van der Waals surface area (Å²) < 4.78 is 0. The fourth-order valence-electron chi connectivity index (χ4n) is 2.31. The van der Waals surface area contributed by atoms with Gasteiger partial charge in [0, 0.05) is 24.1 Å². The van der Waals surface area contributed by atoms with Crippen molar-refractivity contribution in [2.45, 2.75) is 51.1 Å². The number of rotatable bonds is 8. The summed E-state index contributed by atoms with van der Waals surface area (Å²) in [6.45, 7) is 2.87. The number of hydrogen-bond donors (Lipinski definition) is 3. The van der Waals surface area contributed by atoms with E-state index in [1.54, 1.807) is 6.07 Å². The van der Waals surface area contributed by atoms with Crippen molar-refractivity contribution in [3.63, 3.8) is 0 Å². The van der Waals surface area contributed by atoms with Crippen molar-refractivity contribution in [3.8, 4) is 5.75 Å². The lowest BCUT2D eigenvalue weighted by Gasteiger charge is -2.18. The first-order valence-electron chi connectivity index (χ1n) is 7.51. The van der Waals surface area contributed by atoms with Gasteiger partial charge in [-0.05, 0) is 38.3 Å². The lowest BCUT2D eigenvalue weighted by Crippen LogP contribution is -2.27. The monoisotopic (exact) mass is 276 g/mol. The fraction of sp³-hybridized carbons (Fsp3) is 0.562. The highest BCUT2D eigenvalue weighted by atomic mass is 16.3. The first-order chi connectivity index (χ1) is 9.70. The van der Waals surface area contributed by atoms with Gasteiger partial charge < -0.3 is 15.7 Å². The molecule has 1 fully saturated rings. The van der Waals surface area contributed by atoms with E-state index in [2.05, 4.69) is 17.6 Å². The zero-order chi connectivity index (χ0) is 14.4. The van der Waals surface area contributed by atoms with E-state index in [1.807, 2.05) is 18.2 Å². The van der Waals surface area contributed by atoms with Crippen molar-refractivity contribution in [3.05, 3.63) is 29.8 Å². The fourth-order valence-corrected chi connectivity index (χ4v) is 2.31. The lowest BCUT2D eigenvalue weighted by atomic mass is 10.0. The third-order valence-corrected chi connectivity index (χ3v) is 3.63. The number of nitrogens with one attached hydrogen (secondary N) is 2. The molecule has 1 aromatic rings. The molecule has 0 saturated heterocycles. The molecule has 0 bridgehead atoms. The molecule has 0 spiro atoms. The molecule has 0 heterocycles. The van der Waals surface area contributed by atoms with Crippen LogP contribution in [0.3, 0.4) is 0 Å². The number of aromatic hydroxyl groups is 1. The maximum atomic E-state index is 11.6. The van der Waals surface area contributed by atoms with Crippen molar-refractivity contribution < 1.29 is 9.90 Å². The van der Waals surface area contributed by atoms with Gasteiger partial charge in [0.1, 0.15) is 5.75 Å². The van der Waals surface area contributed by atoms with E-state index in [9.17, 15) is 9.90 Å². The predicted octanol–water partition coefficient (Wildman–Crippen LogP) is 2.49. The van der Waals surface area contributed by atoms with Gasteiger partial charge in [0.05, 0.1) is 0 Å². The SMILES string of the molecule is CCC(NCCCC(=O)NC1CC1)c1ccccc1O. The predicted molar refractivity (Wildman–Crippen MR) is 79.5 cm³/mol. The summed E-state index contributed by atoms with van der Waals surface area (Å²) in [4.78, 5) is 11.6. The van der Waals surface area contributed by atoms with Crippen LogP contribution in [0, 0.1) is 0 Å². The molecule has 4 nitrogen and oxygen atoms in total. The largest absolute Gasteiger partial charge is 0.508 e. The summed E-state index contributed by atoms with van der Waals surface area (Å²) >= 11 is 0. The van der Waals surface area contributed by atoms with Gasteiger partial charge in [-0.3, -0.25) is 4.79 Å².